The van der Waals surface area contributed by atoms with Crippen molar-refractivity contribution < 1.29 is 9.53 Å². The Kier molecular flexibility index (Phi) is 4.95. The minimum atomic E-state index is -0.555. The van der Waals surface area contributed by atoms with Crippen molar-refractivity contribution in [2.24, 2.45) is 11.5 Å². The van der Waals surface area contributed by atoms with Gasteiger partial charge in [0.05, 0.1) is 6.61 Å². The zero-order chi connectivity index (χ0) is 10.5. The summed E-state index contributed by atoms with van der Waals surface area (Å²) in [6.07, 6.45) is 1.10. The lowest BCUT2D eigenvalue weighted by Gasteiger charge is -2.27. The zero-order valence-corrected chi connectivity index (χ0v) is 8.67. The molecule has 0 aromatic rings. The van der Waals surface area contributed by atoms with Gasteiger partial charge in [0.1, 0.15) is 6.10 Å². The SMILES string of the molecule is CCC(N)(CC)COC(C)C(N)=O. The van der Waals surface area contributed by atoms with Gasteiger partial charge in [0.2, 0.25) is 5.91 Å². The summed E-state index contributed by atoms with van der Waals surface area (Å²) in [6, 6.07) is 0. The molecule has 0 fully saturated rings. The summed E-state index contributed by atoms with van der Waals surface area (Å²) in [6.45, 7) is 6.02. The molecule has 4 nitrogen and oxygen atoms in total. The molecule has 0 aliphatic heterocycles. The molecule has 0 aliphatic carbocycles. The number of ether oxygens (including phenoxy) is 1. The maximum atomic E-state index is 10.6. The van der Waals surface area contributed by atoms with Gasteiger partial charge in [0.15, 0.2) is 0 Å². The van der Waals surface area contributed by atoms with Gasteiger partial charge < -0.3 is 16.2 Å². The highest BCUT2D eigenvalue weighted by molar-refractivity contribution is 5.78. The van der Waals surface area contributed by atoms with Gasteiger partial charge in [-0.2, -0.15) is 0 Å². The second-order valence-electron chi connectivity index (χ2n) is 3.43. The molecule has 0 saturated carbocycles. The normalized spacial score (nSPS) is 14.2. The standard InChI is InChI=1S/C9H20N2O2/c1-4-9(11,5-2)6-13-7(3)8(10)12/h7H,4-6,11H2,1-3H3,(H2,10,12). The Hall–Kier alpha value is -0.610. The maximum absolute atomic E-state index is 10.6. The lowest BCUT2D eigenvalue weighted by atomic mass is 9.95. The van der Waals surface area contributed by atoms with E-state index in [9.17, 15) is 4.79 Å². The first-order chi connectivity index (χ1) is 5.95. The fraction of sp³-hybridized carbons (Fsp3) is 0.889. The van der Waals surface area contributed by atoms with Gasteiger partial charge in [0, 0.05) is 5.54 Å². The van der Waals surface area contributed by atoms with Gasteiger partial charge in [-0.1, -0.05) is 13.8 Å². The Labute approximate surface area is 79.6 Å². The largest absolute Gasteiger partial charge is 0.367 e. The summed E-state index contributed by atoms with van der Waals surface area (Å²) in [5.74, 6) is -0.449. The van der Waals surface area contributed by atoms with E-state index in [2.05, 4.69) is 0 Å². The van der Waals surface area contributed by atoms with Gasteiger partial charge in [-0.05, 0) is 19.8 Å². The molecular formula is C9H20N2O2. The summed E-state index contributed by atoms with van der Waals surface area (Å²) in [5, 5.41) is 0. The quantitative estimate of drug-likeness (QED) is 0.633. The predicted octanol–water partition coefficient (Wildman–Crippen LogP) is 0.394. The molecule has 78 valence electrons. The highest BCUT2D eigenvalue weighted by Crippen LogP contribution is 2.12. The average Bonchev–Trinajstić information content (AvgIpc) is 2.13. The summed E-state index contributed by atoms with van der Waals surface area (Å²) in [4.78, 5) is 10.6. The van der Waals surface area contributed by atoms with Crippen LogP contribution in [-0.2, 0) is 9.53 Å². The number of primary amides is 1. The Bertz CT molecular complexity index is 167. The van der Waals surface area contributed by atoms with Crippen LogP contribution in [0.2, 0.25) is 0 Å². The summed E-state index contributed by atoms with van der Waals surface area (Å²) in [5.41, 5.74) is 10.7. The molecule has 4 heteroatoms. The third kappa shape index (κ3) is 4.24. The highest BCUT2D eigenvalue weighted by Gasteiger charge is 2.22. The van der Waals surface area contributed by atoms with E-state index in [0.717, 1.165) is 12.8 Å². The van der Waals surface area contributed by atoms with Gasteiger partial charge in [0.25, 0.3) is 0 Å². The van der Waals surface area contributed by atoms with Crippen molar-refractivity contribution in [2.75, 3.05) is 6.61 Å². The first-order valence-corrected chi connectivity index (χ1v) is 4.65. The molecule has 0 saturated heterocycles. The Morgan fingerprint density at radius 2 is 1.92 bits per heavy atom. The fourth-order valence-corrected chi connectivity index (χ4v) is 0.827. The molecule has 1 unspecified atom stereocenters. The number of carbonyl (C=O) groups excluding carboxylic acids is 1. The molecule has 13 heavy (non-hydrogen) atoms. The van der Waals surface area contributed by atoms with Crippen LogP contribution in [0.25, 0.3) is 0 Å². The molecule has 1 amide bonds. The molecule has 0 spiro atoms. The van der Waals surface area contributed by atoms with E-state index in [0.29, 0.717) is 6.61 Å². The number of hydrogen-bond acceptors (Lipinski definition) is 3. The lowest BCUT2D eigenvalue weighted by Crippen LogP contribution is -2.45. The Morgan fingerprint density at radius 1 is 1.46 bits per heavy atom. The van der Waals surface area contributed by atoms with Crippen LogP contribution in [0.5, 0.6) is 0 Å². The molecular weight excluding hydrogens is 168 g/mol. The van der Waals surface area contributed by atoms with E-state index >= 15 is 0 Å². The van der Waals surface area contributed by atoms with Crippen molar-refractivity contribution in [3.8, 4) is 0 Å². The smallest absolute Gasteiger partial charge is 0.246 e. The number of hydrogen-bond donors (Lipinski definition) is 2. The zero-order valence-electron chi connectivity index (χ0n) is 8.67. The Morgan fingerprint density at radius 3 is 2.23 bits per heavy atom. The monoisotopic (exact) mass is 188 g/mol. The van der Waals surface area contributed by atoms with Crippen molar-refractivity contribution in [3.63, 3.8) is 0 Å². The third-order valence-corrected chi connectivity index (χ3v) is 2.43. The lowest BCUT2D eigenvalue weighted by molar-refractivity contribution is -0.129. The first kappa shape index (κ1) is 12.4. The van der Waals surface area contributed by atoms with Crippen LogP contribution in [0, 0.1) is 0 Å². The first-order valence-electron chi connectivity index (χ1n) is 4.65. The van der Waals surface area contributed by atoms with E-state index in [1.165, 1.54) is 0 Å². The van der Waals surface area contributed by atoms with Gasteiger partial charge in [-0.3, -0.25) is 4.79 Å². The molecule has 0 bridgehead atoms. The highest BCUT2D eigenvalue weighted by atomic mass is 16.5. The van der Waals surface area contributed by atoms with E-state index < -0.39 is 12.0 Å². The van der Waals surface area contributed by atoms with E-state index in [1.54, 1.807) is 6.92 Å². The van der Waals surface area contributed by atoms with E-state index in [-0.39, 0.29) is 5.54 Å². The number of rotatable bonds is 6. The second kappa shape index (κ2) is 5.19. The maximum Gasteiger partial charge on any atom is 0.246 e. The van der Waals surface area contributed by atoms with Crippen molar-refractivity contribution in [1.82, 2.24) is 0 Å². The van der Waals surface area contributed by atoms with Crippen molar-refractivity contribution in [2.45, 2.75) is 45.3 Å². The molecule has 4 N–H and O–H groups in total. The Balaban J connectivity index is 3.92. The van der Waals surface area contributed by atoms with Crippen LogP contribution in [0.1, 0.15) is 33.6 Å². The van der Waals surface area contributed by atoms with Crippen LogP contribution in [0.3, 0.4) is 0 Å². The van der Waals surface area contributed by atoms with Crippen LogP contribution >= 0.6 is 0 Å². The summed E-state index contributed by atoms with van der Waals surface area (Å²) < 4.78 is 5.25. The molecule has 0 aliphatic rings. The van der Waals surface area contributed by atoms with Gasteiger partial charge in [-0.25, -0.2) is 0 Å². The van der Waals surface area contributed by atoms with Crippen LogP contribution in [-0.4, -0.2) is 24.2 Å². The molecule has 0 heterocycles. The number of nitrogens with two attached hydrogens (primary N) is 2. The molecule has 0 aromatic carbocycles. The van der Waals surface area contributed by atoms with Crippen LogP contribution in [0.15, 0.2) is 0 Å². The van der Waals surface area contributed by atoms with Crippen molar-refractivity contribution in [3.05, 3.63) is 0 Å². The fourth-order valence-electron chi connectivity index (χ4n) is 0.827. The third-order valence-electron chi connectivity index (χ3n) is 2.43. The number of carbonyl (C=O) groups is 1. The van der Waals surface area contributed by atoms with Gasteiger partial charge >= 0.3 is 0 Å². The van der Waals surface area contributed by atoms with E-state index in [4.69, 9.17) is 16.2 Å². The molecule has 1 atom stereocenters. The molecule has 0 aromatic heterocycles. The topological polar surface area (TPSA) is 78.3 Å². The van der Waals surface area contributed by atoms with Gasteiger partial charge in [-0.15, -0.1) is 0 Å². The minimum absolute atomic E-state index is 0.330. The minimum Gasteiger partial charge on any atom is -0.367 e. The molecule has 0 rings (SSSR count). The predicted molar refractivity (Wildman–Crippen MR) is 52.1 cm³/mol. The number of amides is 1. The van der Waals surface area contributed by atoms with Crippen molar-refractivity contribution >= 4 is 5.91 Å². The average molecular weight is 188 g/mol. The van der Waals surface area contributed by atoms with Crippen LogP contribution < -0.4 is 11.5 Å². The summed E-state index contributed by atoms with van der Waals surface area (Å²) in [7, 11) is 0. The summed E-state index contributed by atoms with van der Waals surface area (Å²) >= 11 is 0. The molecule has 0 radical (unpaired) electrons. The second-order valence-corrected chi connectivity index (χ2v) is 3.43. The van der Waals surface area contributed by atoms with E-state index in [1.807, 2.05) is 13.8 Å². The van der Waals surface area contributed by atoms with Crippen LogP contribution in [0.4, 0.5) is 0 Å². The van der Waals surface area contributed by atoms with Crippen molar-refractivity contribution in [1.29, 1.82) is 0 Å².